The highest BCUT2D eigenvalue weighted by Gasteiger charge is 2.03. The Morgan fingerprint density at radius 1 is 1.28 bits per heavy atom. The first kappa shape index (κ1) is 12.7. The Morgan fingerprint density at radius 3 is 2.67 bits per heavy atom. The number of aromatic nitrogens is 4. The van der Waals surface area contributed by atoms with E-state index in [9.17, 15) is 0 Å². The van der Waals surface area contributed by atoms with Crippen LogP contribution in [0.25, 0.3) is 11.4 Å². The predicted octanol–water partition coefficient (Wildman–Crippen LogP) is 0.613. The molecule has 2 aromatic rings. The minimum Gasteiger partial charge on any atom is -0.383 e. The summed E-state index contributed by atoms with van der Waals surface area (Å²) in [6, 6.07) is 0. The zero-order valence-electron chi connectivity index (χ0n) is 10.6. The molecule has 0 saturated carbocycles. The van der Waals surface area contributed by atoms with Crippen molar-refractivity contribution in [2.45, 2.75) is 6.54 Å². The number of hydrogen-bond donors (Lipinski definition) is 1. The van der Waals surface area contributed by atoms with Crippen LogP contribution in [0.2, 0.25) is 0 Å². The molecule has 1 N–H and O–H groups in total. The minimum atomic E-state index is 0.698. The molecule has 2 aromatic heterocycles. The van der Waals surface area contributed by atoms with E-state index in [0.29, 0.717) is 12.4 Å². The van der Waals surface area contributed by atoms with Gasteiger partial charge in [-0.15, -0.1) is 0 Å². The van der Waals surface area contributed by atoms with Crippen molar-refractivity contribution in [2.24, 2.45) is 7.05 Å². The summed E-state index contributed by atoms with van der Waals surface area (Å²) >= 11 is 0. The van der Waals surface area contributed by atoms with E-state index in [0.717, 1.165) is 24.2 Å². The zero-order valence-corrected chi connectivity index (χ0v) is 10.6. The summed E-state index contributed by atoms with van der Waals surface area (Å²) < 4.78 is 6.69. The molecule has 6 heteroatoms. The Labute approximate surface area is 106 Å². The molecule has 0 saturated heterocycles. The molecule has 0 fully saturated rings. The summed E-state index contributed by atoms with van der Waals surface area (Å²) in [6.07, 6.45) is 7.31. The molecule has 18 heavy (non-hydrogen) atoms. The summed E-state index contributed by atoms with van der Waals surface area (Å²) in [5.41, 5.74) is 1.98. The lowest BCUT2D eigenvalue weighted by Gasteiger charge is -2.03. The number of rotatable bonds is 6. The lowest BCUT2D eigenvalue weighted by molar-refractivity contribution is 0.199. The minimum absolute atomic E-state index is 0.698. The second-order valence-electron chi connectivity index (χ2n) is 3.99. The number of nitrogens with zero attached hydrogens (tertiary/aromatic N) is 4. The number of nitrogens with one attached hydrogen (secondary N) is 1. The topological polar surface area (TPSA) is 64.9 Å². The second-order valence-corrected chi connectivity index (χ2v) is 3.99. The lowest BCUT2D eigenvalue weighted by Crippen LogP contribution is -2.18. The van der Waals surface area contributed by atoms with Gasteiger partial charge in [0, 0.05) is 51.4 Å². The van der Waals surface area contributed by atoms with Crippen LogP contribution in [-0.4, -0.2) is 40.0 Å². The van der Waals surface area contributed by atoms with Gasteiger partial charge in [-0.05, 0) is 0 Å². The fourth-order valence-corrected chi connectivity index (χ4v) is 1.54. The Hall–Kier alpha value is -1.79. The Balaban J connectivity index is 1.93. The number of hydrogen-bond acceptors (Lipinski definition) is 5. The van der Waals surface area contributed by atoms with Gasteiger partial charge in [-0.2, -0.15) is 5.10 Å². The quantitative estimate of drug-likeness (QED) is 0.758. The fourth-order valence-electron chi connectivity index (χ4n) is 1.54. The van der Waals surface area contributed by atoms with Gasteiger partial charge < -0.3 is 10.1 Å². The van der Waals surface area contributed by atoms with Crippen LogP contribution in [0.5, 0.6) is 0 Å². The van der Waals surface area contributed by atoms with Gasteiger partial charge in [0.2, 0.25) is 0 Å². The first-order chi connectivity index (χ1) is 8.79. The zero-order chi connectivity index (χ0) is 12.8. The van der Waals surface area contributed by atoms with Gasteiger partial charge in [0.1, 0.15) is 0 Å². The van der Waals surface area contributed by atoms with E-state index < -0.39 is 0 Å². The van der Waals surface area contributed by atoms with Crippen molar-refractivity contribution < 1.29 is 4.74 Å². The molecule has 0 atom stereocenters. The van der Waals surface area contributed by atoms with E-state index in [4.69, 9.17) is 4.74 Å². The maximum atomic E-state index is 4.96. The van der Waals surface area contributed by atoms with E-state index in [1.54, 1.807) is 18.0 Å². The molecule has 0 spiro atoms. The fraction of sp³-hybridized carbons (Fsp3) is 0.417. The summed E-state index contributed by atoms with van der Waals surface area (Å²) in [5.74, 6) is 0.698. The first-order valence-corrected chi connectivity index (χ1v) is 5.79. The maximum Gasteiger partial charge on any atom is 0.162 e. The lowest BCUT2D eigenvalue weighted by atomic mass is 10.3. The van der Waals surface area contributed by atoms with E-state index in [1.165, 1.54) is 0 Å². The molecule has 0 amide bonds. The third-order valence-electron chi connectivity index (χ3n) is 2.48. The molecule has 0 aliphatic heterocycles. The molecule has 0 aromatic carbocycles. The van der Waals surface area contributed by atoms with Crippen LogP contribution in [0, 0.1) is 0 Å². The smallest absolute Gasteiger partial charge is 0.162 e. The summed E-state index contributed by atoms with van der Waals surface area (Å²) in [6.45, 7) is 2.27. The van der Waals surface area contributed by atoms with Gasteiger partial charge in [-0.1, -0.05) is 0 Å². The molecule has 6 nitrogen and oxygen atoms in total. The largest absolute Gasteiger partial charge is 0.383 e. The van der Waals surface area contributed by atoms with Crippen LogP contribution in [0.4, 0.5) is 0 Å². The highest BCUT2D eigenvalue weighted by Crippen LogP contribution is 2.12. The summed E-state index contributed by atoms with van der Waals surface area (Å²) in [4.78, 5) is 8.65. The van der Waals surface area contributed by atoms with Crippen LogP contribution < -0.4 is 5.32 Å². The predicted molar refractivity (Wildman–Crippen MR) is 67.8 cm³/mol. The average molecular weight is 247 g/mol. The number of methoxy groups -OCH3 is 1. The molecule has 2 heterocycles. The van der Waals surface area contributed by atoms with Crippen LogP contribution >= 0.6 is 0 Å². The van der Waals surface area contributed by atoms with E-state index in [1.807, 2.05) is 25.6 Å². The van der Waals surface area contributed by atoms with E-state index >= 15 is 0 Å². The Kier molecular flexibility index (Phi) is 4.38. The molecule has 0 aliphatic rings. The van der Waals surface area contributed by atoms with Crippen molar-refractivity contribution in [1.29, 1.82) is 0 Å². The van der Waals surface area contributed by atoms with Crippen molar-refractivity contribution in [3.05, 3.63) is 30.4 Å². The van der Waals surface area contributed by atoms with Gasteiger partial charge in [-0.25, -0.2) is 9.97 Å². The van der Waals surface area contributed by atoms with Crippen molar-refractivity contribution in [1.82, 2.24) is 25.1 Å². The molecule has 0 bridgehead atoms. The van der Waals surface area contributed by atoms with Crippen LogP contribution in [0.3, 0.4) is 0 Å². The van der Waals surface area contributed by atoms with E-state index in [2.05, 4.69) is 20.4 Å². The summed E-state index contributed by atoms with van der Waals surface area (Å²) in [5, 5.41) is 7.34. The SMILES string of the molecule is COCCNCc1cnc(-c2cnn(C)c2)nc1. The monoisotopic (exact) mass is 247 g/mol. The van der Waals surface area contributed by atoms with Crippen molar-refractivity contribution in [2.75, 3.05) is 20.3 Å². The van der Waals surface area contributed by atoms with Crippen molar-refractivity contribution in [3.63, 3.8) is 0 Å². The standard InChI is InChI=1S/C12H17N5O/c1-17-9-11(8-16-17)12-14-6-10(7-15-12)5-13-3-4-18-2/h6-9,13H,3-5H2,1-2H3. The molecular weight excluding hydrogens is 230 g/mol. The highest BCUT2D eigenvalue weighted by molar-refractivity contribution is 5.51. The summed E-state index contributed by atoms with van der Waals surface area (Å²) in [7, 11) is 3.56. The van der Waals surface area contributed by atoms with Crippen molar-refractivity contribution >= 4 is 0 Å². The molecule has 2 rings (SSSR count). The molecule has 0 unspecified atom stereocenters. The molecular formula is C12H17N5O. The first-order valence-electron chi connectivity index (χ1n) is 5.79. The molecule has 0 radical (unpaired) electrons. The third kappa shape index (κ3) is 3.35. The van der Waals surface area contributed by atoms with Crippen LogP contribution in [0.1, 0.15) is 5.56 Å². The van der Waals surface area contributed by atoms with Crippen molar-refractivity contribution in [3.8, 4) is 11.4 Å². The number of aryl methyl sites for hydroxylation is 1. The maximum absolute atomic E-state index is 4.96. The van der Waals surface area contributed by atoms with Gasteiger partial charge in [0.05, 0.1) is 18.4 Å². The average Bonchev–Trinajstić information content (AvgIpc) is 2.82. The molecule has 0 aliphatic carbocycles. The van der Waals surface area contributed by atoms with Gasteiger partial charge >= 0.3 is 0 Å². The van der Waals surface area contributed by atoms with Gasteiger partial charge in [0.15, 0.2) is 5.82 Å². The van der Waals surface area contributed by atoms with E-state index in [-0.39, 0.29) is 0 Å². The Morgan fingerprint density at radius 2 is 2.06 bits per heavy atom. The highest BCUT2D eigenvalue weighted by atomic mass is 16.5. The molecule has 96 valence electrons. The van der Waals surface area contributed by atoms with Crippen LogP contribution in [0.15, 0.2) is 24.8 Å². The Bertz CT molecular complexity index is 479. The van der Waals surface area contributed by atoms with Gasteiger partial charge in [-0.3, -0.25) is 4.68 Å². The second kappa shape index (κ2) is 6.23. The third-order valence-corrected chi connectivity index (χ3v) is 2.48. The normalized spacial score (nSPS) is 10.8. The van der Waals surface area contributed by atoms with Crippen LogP contribution in [-0.2, 0) is 18.3 Å². The number of ether oxygens (including phenoxy) is 1. The van der Waals surface area contributed by atoms with Gasteiger partial charge in [0.25, 0.3) is 0 Å².